The monoisotopic (exact) mass is 377 g/mol. The number of ether oxygens (including phenoxy) is 1. The average molecular weight is 377 g/mol. The first-order valence-electron chi connectivity index (χ1n) is 9.23. The van der Waals surface area contributed by atoms with Crippen molar-refractivity contribution < 1.29 is 9.53 Å². The number of amides is 1. The van der Waals surface area contributed by atoms with Crippen molar-refractivity contribution >= 4 is 22.8 Å². The molecule has 7 heteroatoms. The lowest BCUT2D eigenvalue weighted by molar-refractivity contribution is -0.124. The summed E-state index contributed by atoms with van der Waals surface area (Å²) in [6, 6.07) is 13.8. The van der Waals surface area contributed by atoms with Crippen LogP contribution < -0.4 is 20.7 Å². The van der Waals surface area contributed by atoms with Gasteiger partial charge in [0, 0.05) is 17.8 Å². The lowest BCUT2D eigenvalue weighted by atomic mass is 10.0. The Kier molecular flexibility index (Phi) is 4.83. The van der Waals surface area contributed by atoms with Gasteiger partial charge in [0.15, 0.2) is 6.29 Å². The molecule has 2 aromatic carbocycles. The van der Waals surface area contributed by atoms with Gasteiger partial charge in [0.25, 0.3) is 0 Å². The summed E-state index contributed by atoms with van der Waals surface area (Å²) in [5.41, 5.74) is 3.92. The van der Waals surface area contributed by atoms with Gasteiger partial charge in [-0.15, -0.1) is 0 Å². The lowest BCUT2D eigenvalue weighted by Crippen LogP contribution is -2.56. The molecule has 1 aliphatic rings. The van der Waals surface area contributed by atoms with Crippen molar-refractivity contribution in [3.05, 3.63) is 59.3 Å². The highest BCUT2D eigenvalue weighted by Gasteiger charge is 2.27. The molecule has 1 aromatic heterocycles. The number of nitrogens with one attached hydrogen (secondary N) is 3. The molecule has 1 amide bonds. The molecular formula is C21H23N5O2. The summed E-state index contributed by atoms with van der Waals surface area (Å²) in [4.78, 5) is 21.3. The SMILES string of the molecule is COc1ccc2nc(NC3NC(=O)CC(c4ccc(C)cc4)N3)nc(C)c2c1. The first-order valence-corrected chi connectivity index (χ1v) is 9.23. The van der Waals surface area contributed by atoms with Crippen LogP contribution in [0.4, 0.5) is 5.95 Å². The standard InChI is InChI=1S/C21H23N5O2/c1-12-4-6-14(7-5-12)18-11-19(27)25-21(24-18)26-20-22-13(2)16-10-15(28-3)8-9-17(16)23-20/h4-10,18,21,24H,11H2,1-3H3,(H,25,27)(H,22,23,26). The highest BCUT2D eigenvalue weighted by molar-refractivity contribution is 5.83. The van der Waals surface area contributed by atoms with Gasteiger partial charge in [-0.05, 0) is 37.6 Å². The third-order valence-electron chi connectivity index (χ3n) is 4.91. The van der Waals surface area contributed by atoms with Gasteiger partial charge >= 0.3 is 0 Å². The molecule has 1 aliphatic heterocycles. The maximum atomic E-state index is 12.2. The van der Waals surface area contributed by atoms with Crippen molar-refractivity contribution in [2.24, 2.45) is 0 Å². The minimum Gasteiger partial charge on any atom is -0.497 e. The fourth-order valence-electron chi connectivity index (χ4n) is 3.38. The Bertz CT molecular complexity index is 1020. The van der Waals surface area contributed by atoms with E-state index < -0.39 is 6.29 Å². The Hall–Kier alpha value is -3.19. The number of hydrogen-bond donors (Lipinski definition) is 3. The van der Waals surface area contributed by atoms with Crippen molar-refractivity contribution in [2.45, 2.75) is 32.6 Å². The van der Waals surface area contributed by atoms with Crippen molar-refractivity contribution in [3.63, 3.8) is 0 Å². The number of fused-ring (bicyclic) bond motifs is 1. The molecule has 7 nitrogen and oxygen atoms in total. The number of rotatable bonds is 4. The molecule has 1 fully saturated rings. The van der Waals surface area contributed by atoms with Gasteiger partial charge in [-0.1, -0.05) is 29.8 Å². The number of nitrogens with zero attached hydrogens (tertiary/aromatic N) is 2. The van der Waals surface area contributed by atoms with Gasteiger partial charge in [0.05, 0.1) is 18.3 Å². The second kappa shape index (κ2) is 7.44. The van der Waals surface area contributed by atoms with Gasteiger partial charge < -0.3 is 15.4 Å². The summed E-state index contributed by atoms with van der Waals surface area (Å²) in [6.07, 6.45) is -0.0683. The summed E-state index contributed by atoms with van der Waals surface area (Å²) >= 11 is 0. The molecule has 1 saturated heterocycles. The van der Waals surface area contributed by atoms with Gasteiger partial charge in [0.1, 0.15) is 5.75 Å². The molecule has 3 N–H and O–H groups in total. The number of carbonyl (C=O) groups excluding carboxylic acids is 1. The van der Waals surface area contributed by atoms with E-state index in [9.17, 15) is 4.79 Å². The Morgan fingerprint density at radius 3 is 2.64 bits per heavy atom. The van der Waals surface area contributed by atoms with Crippen LogP contribution in [0.2, 0.25) is 0 Å². The van der Waals surface area contributed by atoms with E-state index in [1.54, 1.807) is 7.11 Å². The largest absolute Gasteiger partial charge is 0.497 e. The molecular weight excluding hydrogens is 354 g/mol. The summed E-state index contributed by atoms with van der Waals surface area (Å²) in [5, 5.41) is 10.4. The Morgan fingerprint density at radius 2 is 1.89 bits per heavy atom. The third-order valence-corrected chi connectivity index (χ3v) is 4.91. The van der Waals surface area contributed by atoms with Crippen molar-refractivity contribution in [1.29, 1.82) is 0 Å². The van der Waals surface area contributed by atoms with Gasteiger partial charge in [-0.25, -0.2) is 9.97 Å². The number of benzene rings is 2. The van der Waals surface area contributed by atoms with Gasteiger partial charge in [0.2, 0.25) is 11.9 Å². The Morgan fingerprint density at radius 1 is 1.11 bits per heavy atom. The highest BCUT2D eigenvalue weighted by atomic mass is 16.5. The highest BCUT2D eigenvalue weighted by Crippen LogP contribution is 2.24. The first-order chi connectivity index (χ1) is 13.5. The fourth-order valence-corrected chi connectivity index (χ4v) is 3.38. The van der Waals surface area contributed by atoms with E-state index in [1.165, 1.54) is 5.56 Å². The van der Waals surface area contributed by atoms with Crippen LogP contribution in [0.3, 0.4) is 0 Å². The minimum atomic E-state index is -0.456. The van der Waals surface area contributed by atoms with Crippen LogP contribution in [-0.2, 0) is 4.79 Å². The van der Waals surface area contributed by atoms with Crippen LogP contribution in [-0.4, -0.2) is 29.3 Å². The Balaban J connectivity index is 1.56. The maximum Gasteiger partial charge on any atom is 0.226 e. The average Bonchev–Trinajstić information content (AvgIpc) is 2.68. The normalized spacial score (nSPS) is 19.3. The molecule has 0 radical (unpaired) electrons. The van der Waals surface area contributed by atoms with E-state index in [0.29, 0.717) is 12.4 Å². The second-order valence-corrected chi connectivity index (χ2v) is 6.99. The van der Waals surface area contributed by atoms with E-state index in [1.807, 2.05) is 44.2 Å². The number of aromatic nitrogens is 2. The number of anilines is 1. The molecule has 4 rings (SSSR count). The molecule has 2 heterocycles. The van der Waals surface area contributed by atoms with Crippen molar-refractivity contribution in [3.8, 4) is 5.75 Å². The summed E-state index contributed by atoms with van der Waals surface area (Å²) in [5.74, 6) is 1.20. The summed E-state index contributed by atoms with van der Waals surface area (Å²) < 4.78 is 5.27. The Labute approximate surface area is 163 Å². The van der Waals surface area contributed by atoms with Crippen LogP contribution in [0.1, 0.15) is 29.3 Å². The number of hydrogen-bond acceptors (Lipinski definition) is 6. The molecule has 0 bridgehead atoms. The molecule has 0 spiro atoms. The van der Waals surface area contributed by atoms with E-state index in [4.69, 9.17) is 4.74 Å². The molecule has 2 unspecified atom stereocenters. The fraction of sp³-hybridized carbons (Fsp3) is 0.286. The minimum absolute atomic E-state index is 0.0240. The lowest BCUT2D eigenvalue weighted by Gasteiger charge is -2.32. The number of carbonyl (C=O) groups is 1. The molecule has 2 atom stereocenters. The zero-order chi connectivity index (χ0) is 19.7. The van der Waals surface area contributed by atoms with Gasteiger partial charge in [-0.3, -0.25) is 10.1 Å². The first kappa shape index (κ1) is 18.2. The van der Waals surface area contributed by atoms with E-state index in [2.05, 4.69) is 38.1 Å². The predicted octanol–water partition coefficient (Wildman–Crippen LogP) is 2.80. The molecule has 28 heavy (non-hydrogen) atoms. The van der Waals surface area contributed by atoms with Crippen LogP contribution in [0, 0.1) is 13.8 Å². The topological polar surface area (TPSA) is 88.2 Å². The van der Waals surface area contributed by atoms with E-state index in [-0.39, 0.29) is 11.9 Å². The predicted molar refractivity (Wildman–Crippen MR) is 108 cm³/mol. The van der Waals surface area contributed by atoms with E-state index >= 15 is 0 Å². The summed E-state index contributed by atoms with van der Waals surface area (Å²) in [6.45, 7) is 3.97. The quantitative estimate of drug-likeness (QED) is 0.648. The van der Waals surface area contributed by atoms with Crippen LogP contribution in [0.25, 0.3) is 10.9 Å². The number of aryl methyl sites for hydroxylation is 2. The zero-order valence-corrected chi connectivity index (χ0v) is 16.1. The molecule has 0 aliphatic carbocycles. The van der Waals surface area contributed by atoms with Crippen molar-refractivity contribution in [1.82, 2.24) is 20.6 Å². The zero-order valence-electron chi connectivity index (χ0n) is 16.1. The molecule has 3 aromatic rings. The maximum absolute atomic E-state index is 12.2. The smallest absolute Gasteiger partial charge is 0.226 e. The van der Waals surface area contributed by atoms with E-state index in [0.717, 1.165) is 27.9 Å². The number of methoxy groups -OCH3 is 1. The second-order valence-electron chi connectivity index (χ2n) is 6.99. The third kappa shape index (κ3) is 3.75. The van der Waals surface area contributed by atoms with Crippen LogP contribution >= 0.6 is 0 Å². The van der Waals surface area contributed by atoms with Crippen molar-refractivity contribution in [2.75, 3.05) is 12.4 Å². The molecule has 144 valence electrons. The van der Waals surface area contributed by atoms with Crippen LogP contribution in [0.15, 0.2) is 42.5 Å². The summed E-state index contributed by atoms with van der Waals surface area (Å²) in [7, 11) is 1.63. The molecule has 0 saturated carbocycles. The van der Waals surface area contributed by atoms with Gasteiger partial charge in [-0.2, -0.15) is 0 Å². The van der Waals surface area contributed by atoms with Crippen LogP contribution in [0.5, 0.6) is 5.75 Å².